The molecule has 2 rings (SSSR count). The second-order valence-corrected chi connectivity index (χ2v) is 5.44. The van der Waals surface area contributed by atoms with Crippen LogP contribution in [-0.2, 0) is 4.74 Å². The van der Waals surface area contributed by atoms with E-state index in [0.717, 1.165) is 25.9 Å². The van der Waals surface area contributed by atoms with Crippen LogP contribution in [0.5, 0.6) is 0 Å². The fourth-order valence-electron chi connectivity index (χ4n) is 2.71. The minimum Gasteiger partial charge on any atom is -0.373 e. The van der Waals surface area contributed by atoms with Crippen LogP contribution in [0.15, 0.2) is 18.2 Å². The normalized spacial score (nSPS) is 26.0. The molecular weight excluding hydrogens is 253 g/mol. The standard InChI is InChI=1S/C14H19ClFNO/c1-14(7-3-4-8-18-14)13(17-2)11-6-5-10(15)9-12(11)16/h5-6,9,13,17H,3-4,7-8H2,1-2H3. The summed E-state index contributed by atoms with van der Waals surface area (Å²) >= 11 is 5.79. The molecule has 0 spiro atoms. The number of benzene rings is 1. The predicted octanol–water partition coefficient (Wildman–Crippen LogP) is 3.70. The lowest BCUT2D eigenvalue weighted by molar-refractivity contribution is -0.0890. The average Bonchev–Trinajstić information content (AvgIpc) is 2.33. The van der Waals surface area contributed by atoms with Crippen molar-refractivity contribution in [3.8, 4) is 0 Å². The zero-order chi connectivity index (χ0) is 13.2. The van der Waals surface area contributed by atoms with Crippen molar-refractivity contribution >= 4 is 11.6 Å². The molecule has 18 heavy (non-hydrogen) atoms. The third-order valence-corrected chi connectivity index (χ3v) is 3.91. The van der Waals surface area contributed by atoms with Gasteiger partial charge in [0.2, 0.25) is 0 Å². The van der Waals surface area contributed by atoms with Gasteiger partial charge in [-0.2, -0.15) is 0 Å². The van der Waals surface area contributed by atoms with E-state index in [-0.39, 0.29) is 17.5 Å². The maximum atomic E-state index is 14.0. The highest BCUT2D eigenvalue weighted by atomic mass is 35.5. The van der Waals surface area contributed by atoms with E-state index in [1.165, 1.54) is 6.07 Å². The molecule has 0 aliphatic carbocycles. The Kier molecular flexibility index (Phi) is 4.25. The molecule has 0 aromatic heterocycles. The number of rotatable bonds is 3. The van der Waals surface area contributed by atoms with E-state index in [1.807, 2.05) is 14.0 Å². The fraction of sp³-hybridized carbons (Fsp3) is 0.571. The minimum absolute atomic E-state index is 0.157. The van der Waals surface area contributed by atoms with Crippen LogP contribution in [0.4, 0.5) is 4.39 Å². The molecule has 0 radical (unpaired) electrons. The van der Waals surface area contributed by atoms with Crippen LogP contribution < -0.4 is 5.32 Å². The van der Waals surface area contributed by atoms with Gasteiger partial charge in [0, 0.05) is 17.2 Å². The SMILES string of the molecule is CNC(c1ccc(Cl)cc1F)C1(C)CCCCO1. The van der Waals surface area contributed by atoms with Gasteiger partial charge in [-0.1, -0.05) is 17.7 Å². The lowest BCUT2D eigenvalue weighted by Gasteiger charge is -2.40. The molecular formula is C14H19ClFNO. The lowest BCUT2D eigenvalue weighted by Crippen LogP contribution is -2.45. The summed E-state index contributed by atoms with van der Waals surface area (Å²) in [6.07, 6.45) is 3.12. The third-order valence-electron chi connectivity index (χ3n) is 3.67. The Labute approximate surface area is 112 Å². The minimum atomic E-state index is -0.359. The Hall–Kier alpha value is -0.640. The first kappa shape index (κ1) is 13.8. The van der Waals surface area contributed by atoms with Gasteiger partial charge < -0.3 is 10.1 Å². The largest absolute Gasteiger partial charge is 0.373 e. The second kappa shape index (κ2) is 5.55. The zero-order valence-corrected chi connectivity index (χ0v) is 11.6. The van der Waals surface area contributed by atoms with Crippen molar-refractivity contribution in [3.63, 3.8) is 0 Å². The summed E-state index contributed by atoms with van der Waals surface area (Å²) in [5, 5.41) is 3.60. The predicted molar refractivity (Wildman–Crippen MR) is 71.4 cm³/mol. The van der Waals surface area contributed by atoms with Gasteiger partial charge in [0.25, 0.3) is 0 Å². The van der Waals surface area contributed by atoms with Crippen molar-refractivity contribution in [3.05, 3.63) is 34.6 Å². The van der Waals surface area contributed by atoms with Crippen molar-refractivity contribution < 1.29 is 9.13 Å². The summed E-state index contributed by atoms with van der Waals surface area (Å²) in [7, 11) is 1.84. The summed E-state index contributed by atoms with van der Waals surface area (Å²) in [4.78, 5) is 0. The summed E-state index contributed by atoms with van der Waals surface area (Å²) in [6, 6.07) is 4.65. The van der Waals surface area contributed by atoms with E-state index in [9.17, 15) is 4.39 Å². The van der Waals surface area contributed by atoms with Gasteiger partial charge >= 0.3 is 0 Å². The maximum absolute atomic E-state index is 14.0. The van der Waals surface area contributed by atoms with E-state index in [4.69, 9.17) is 16.3 Å². The smallest absolute Gasteiger partial charge is 0.129 e. The van der Waals surface area contributed by atoms with Gasteiger partial charge in [-0.3, -0.25) is 0 Å². The molecule has 4 heteroatoms. The van der Waals surface area contributed by atoms with Crippen LogP contribution in [0, 0.1) is 5.82 Å². The molecule has 2 nitrogen and oxygen atoms in total. The van der Waals surface area contributed by atoms with Crippen molar-refractivity contribution in [2.75, 3.05) is 13.7 Å². The van der Waals surface area contributed by atoms with E-state index in [0.29, 0.717) is 10.6 Å². The number of ether oxygens (including phenoxy) is 1. The maximum Gasteiger partial charge on any atom is 0.129 e. The first-order valence-electron chi connectivity index (χ1n) is 6.33. The van der Waals surface area contributed by atoms with E-state index in [2.05, 4.69) is 5.32 Å². The van der Waals surface area contributed by atoms with Gasteiger partial charge in [-0.25, -0.2) is 4.39 Å². The molecule has 2 unspecified atom stereocenters. The summed E-state index contributed by atoms with van der Waals surface area (Å²) in [6.45, 7) is 2.78. The molecule has 1 saturated heterocycles. The number of halogens is 2. The molecule has 0 saturated carbocycles. The van der Waals surface area contributed by atoms with Gasteiger partial charge in [0.05, 0.1) is 11.6 Å². The summed E-state index contributed by atoms with van der Waals surface area (Å²) in [5.41, 5.74) is 0.257. The molecule has 1 heterocycles. The Bertz CT molecular complexity index is 418. The molecule has 1 aliphatic rings. The number of hydrogen-bond donors (Lipinski definition) is 1. The topological polar surface area (TPSA) is 21.3 Å². The molecule has 1 fully saturated rings. The summed E-state index contributed by atoms with van der Waals surface area (Å²) in [5.74, 6) is -0.280. The fourth-order valence-corrected chi connectivity index (χ4v) is 2.87. The van der Waals surface area contributed by atoms with Crippen molar-refractivity contribution in [2.45, 2.75) is 37.8 Å². The van der Waals surface area contributed by atoms with Gasteiger partial charge in [-0.05, 0) is 45.4 Å². The van der Waals surface area contributed by atoms with Gasteiger partial charge in [0.1, 0.15) is 5.82 Å². The Morgan fingerprint density at radius 3 is 2.78 bits per heavy atom. The highest BCUT2D eigenvalue weighted by Gasteiger charge is 2.38. The molecule has 0 amide bonds. The molecule has 1 aromatic carbocycles. The van der Waals surface area contributed by atoms with Crippen LogP contribution >= 0.6 is 11.6 Å². The lowest BCUT2D eigenvalue weighted by atomic mass is 9.84. The van der Waals surface area contributed by atoms with E-state index < -0.39 is 0 Å². The third kappa shape index (κ3) is 2.68. The van der Waals surface area contributed by atoms with Crippen molar-refractivity contribution in [2.24, 2.45) is 0 Å². The Morgan fingerprint density at radius 2 is 2.22 bits per heavy atom. The first-order valence-corrected chi connectivity index (χ1v) is 6.71. The highest BCUT2D eigenvalue weighted by Crippen LogP contribution is 2.37. The van der Waals surface area contributed by atoms with Crippen LogP contribution in [0.3, 0.4) is 0 Å². The van der Waals surface area contributed by atoms with Crippen LogP contribution in [0.2, 0.25) is 5.02 Å². The molecule has 2 atom stereocenters. The zero-order valence-electron chi connectivity index (χ0n) is 10.8. The van der Waals surface area contributed by atoms with Crippen molar-refractivity contribution in [1.29, 1.82) is 0 Å². The highest BCUT2D eigenvalue weighted by molar-refractivity contribution is 6.30. The number of hydrogen-bond acceptors (Lipinski definition) is 2. The van der Waals surface area contributed by atoms with Crippen LogP contribution in [-0.4, -0.2) is 19.3 Å². The average molecular weight is 272 g/mol. The van der Waals surface area contributed by atoms with Crippen LogP contribution in [0.25, 0.3) is 0 Å². The van der Waals surface area contributed by atoms with Crippen LogP contribution in [0.1, 0.15) is 37.8 Å². The molecule has 1 N–H and O–H groups in total. The van der Waals surface area contributed by atoms with E-state index in [1.54, 1.807) is 12.1 Å². The molecule has 1 aromatic rings. The molecule has 0 bridgehead atoms. The Morgan fingerprint density at radius 1 is 1.44 bits per heavy atom. The van der Waals surface area contributed by atoms with Gasteiger partial charge in [-0.15, -0.1) is 0 Å². The monoisotopic (exact) mass is 271 g/mol. The Balaban J connectivity index is 2.32. The number of likely N-dealkylation sites (N-methyl/N-ethyl adjacent to an activating group) is 1. The van der Waals surface area contributed by atoms with Crippen molar-refractivity contribution in [1.82, 2.24) is 5.32 Å². The first-order chi connectivity index (χ1) is 8.57. The van der Waals surface area contributed by atoms with E-state index >= 15 is 0 Å². The molecule has 1 aliphatic heterocycles. The molecule has 100 valence electrons. The van der Waals surface area contributed by atoms with Gasteiger partial charge in [0.15, 0.2) is 0 Å². The summed E-state index contributed by atoms with van der Waals surface area (Å²) < 4.78 is 19.9. The quantitative estimate of drug-likeness (QED) is 0.905. The second-order valence-electron chi connectivity index (χ2n) is 5.01. The number of nitrogens with one attached hydrogen (secondary N) is 1.